The third-order valence-corrected chi connectivity index (χ3v) is 6.97. The van der Waals surface area contributed by atoms with Gasteiger partial charge in [0.15, 0.2) is 0 Å². The van der Waals surface area contributed by atoms with Crippen molar-refractivity contribution in [2.75, 3.05) is 18.8 Å². The molecule has 0 aliphatic carbocycles. The van der Waals surface area contributed by atoms with Crippen molar-refractivity contribution in [2.24, 2.45) is 0 Å². The molecule has 2 aliphatic heterocycles. The molecule has 106 valence electrons. The summed E-state index contributed by atoms with van der Waals surface area (Å²) in [5, 5.41) is 1.66. The van der Waals surface area contributed by atoms with Crippen LogP contribution in [0.1, 0.15) is 25.7 Å². The number of rotatable bonds is 3. The molecule has 5 nitrogen and oxygen atoms in total. The molecule has 1 aromatic heterocycles. The molecule has 0 aromatic carbocycles. The minimum absolute atomic E-state index is 0.0497. The van der Waals surface area contributed by atoms with Gasteiger partial charge in [-0.25, -0.2) is 13.1 Å². The first-order valence-electron chi connectivity index (χ1n) is 6.67. The fourth-order valence-electron chi connectivity index (χ4n) is 3.11. The van der Waals surface area contributed by atoms with E-state index in [1.54, 1.807) is 5.38 Å². The minimum atomic E-state index is -3.41. The van der Waals surface area contributed by atoms with Gasteiger partial charge < -0.3 is 5.73 Å². The highest BCUT2D eigenvalue weighted by Crippen LogP contribution is 2.29. The molecule has 0 saturated carbocycles. The Hall–Kier alpha value is -0.630. The van der Waals surface area contributed by atoms with Crippen LogP contribution in [-0.2, 0) is 10.0 Å². The molecule has 1 aromatic rings. The number of nitrogen functional groups attached to an aromatic ring is 1. The van der Waals surface area contributed by atoms with Crippen molar-refractivity contribution in [2.45, 2.75) is 42.0 Å². The van der Waals surface area contributed by atoms with Crippen LogP contribution in [-0.4, -0.2) is 38.5 Å². The van der Waals surface area contributed by atoms with E-state index in [0.29, 0.717) is 15.9 Å². The Kier molecular flexibility index (Phi) is 3.55. The Morgan fingerprint density at radius 2 is 2.16 bits per heavy atom. The van der Waals surface area contributed by atoms with Crippen molar-refractivity contribution < 1.29 is 8.42 Å². The van der Waals surface area contributed by atoms with Gasteiger partial charge >= 0.3 is 0 Å². The van der Waals surface area contributed by atoms with Crippen molar-refractivity contribution >= 4 is 27.0 Å². The van der Waals surface area contributed by atoms with Crippen molar-refractivity contribution in [1.82, 2.24) is 9.62 Å². The summed E-state index contributed by atoms with van der Waals surface area (Å²) in [6.45, 7) is 2.11. The molecule has 2 unspecified atom stereocenters. The van der Waals surface area contributed by atoms with Gasteiger partial charge in [-0.3, -0.25) is 4.90 Å². The maximum absolute atomic E-state index is 12.3. The number of fused-ring (bicyclic) bond motifs is 1. The molecule has 2 fully saturated rings. The summed E-state index contributed by atoms with van der Waals surface area (Å²) in [7, 11) is -3.41. The number of thiophene rings is 1. The van der Waals surface area contributed by atoms with Gasteiger partial charge in [0.05, 0.1) is 0 Å². The summed E-state index contributed by atoms with van der Waals surface area (Å²) >= 11 is 1.18. The summed E-state index contributed by atoms with van der Waals surface area (Å²) < 4.78 is 27.8. The Labute approximate surface area is 117 Å². The summed E-state index contributed by atoms with van der Waals surface area (Å²) in [6, 6.07) is 1.95. The second kappa shape index (κ2) is 5.05. The highest BCUT2D eigenvalue weighted by atomic mass is 32.2. The third kappa shape index (κ3) is 2.65. The fourth-order valence-corrected chi connectivity index (χ4v) is 5.51. The molecule has 2 saturated heterocycles. The zero-order valence-electron chi connectivity index (χ0n) is 10.7. The second-order valence-electron chi connectivity index (χ2n) is 5.31. The Morgan fingerprint density at radius 3 is 2.89 bits per heavy atom. The lowest BCUT2D eigenvalue weighted by atomic mass is 10.00. The van der Waals surface area contributed by atoms with Crippen LogP contribution in [0.15, 0.2) is 15.7 Å². The maximum Gasteiger partial charge on any atom is 0.250 e. The standard InChI is InChI=1S/C12H19N3O2S2/c13-9-7-12(18-8-9)19(16,17)14-10-4-6-15-5-2-1-3-11(10)15/h7-8,10-11,14H,1-6,13H2. The highest BCUT2D eigenvalue weighted by molar-refractivity contribution is 7.91. The molecule has 2 aliphatic rings. The number of sulfonamides is 1. The molecular formula is C12H19N3O2S2. The zero-order chi connectivity index (χ0) is 13.5. The lowest BCUT2D eigenvalue weighted by Crippen LogP contribution is -2.46. The van der Waals surface area contributed by atoms with Crippen LogP contribution in [0.5, 0.6) is 0 Å². The monoisotopic (exact) mass is 301 g/mol. The van der Waals surface area contributed by atoms with Gasteiger partial charge in [0.25, 0.3) is 0 Å². The topological polar surface area (TPSA) is 75.4 Å². The molecule has 0 amide bonds. The number of nitrogens with one attached hydrogen (secondary N) is 1. The lowest BCUT2D eigenvalue weighted by molar-refractivity contribution is 0.186. The van der Waals surface area contributed by atoms with Gasteiger partial charge in [-0.15, -0.1) is 11.3 Å². The van der Waals surface area contributed by atoms with E-state index in [1.165, 1.54) is 30.2 Å². The van der Waals surface area contributed by atoms with E-state index in [0.717, 1.165) is 25.9 Å². The molecule has 0 radical (unpaired) electrons. The average molecular weight is 301 g/mol. The molecule has 19 heavy (non-hydrogen) atoms. The number of nitrogens with zero attached hydrogens (tertiary/aromatic N) is 1. The smallest absolute Gasteiger partial charge is 0.250 e. The second-order valence-corrected chi connectivity index (χ2v) is 8.17. The van der Waals surface area contributed by atoms with E-state index in [9.17, 15) is 8.42 Å². The highest BCUT2D eigenvalue weighted by Gasteiger charge is 2.37. The Morgan fingerprint density at radius 1 is 1.32 bits per heavy atom. The van der Waals surface area contributed by atoms with Gasteiger partial charge in [-0.2, -0.15) is 0 Å². The summed E-state index contributed by atoms with van der Waals surface area (Å²) in [4.78, 5) is 2.42. The van der Waals surface area contributed by atoms with E-state index < -0.39 is 10.0 Å². The number of piperidine rings is 1. The first-order valence-corrected chi connectivity index (χ1v) is 9.03. The van der Waals surface area contributed by atoms with Crippen LogP contribution in [0.2, 0.25) is 0 Å². The first-order chi connectivity index (χ1) is 9.06. The van der Waals surface area contributed by atoms with E-state index >= 15 is 0 Å². The molecule has 0 spiro atoms. The molecule has 7 heteroatoms. The molecule has 3 rings (SSSR count). The van der Waals surface area contributed by atoms with Gasteiger partial charge in [0.1, 0.15) is 4.21 Å². The van der Waals surface area contributed by atoms with Gasteiger partial charge in [-0.05, 0) is 31.9 Å². The molecular weight excluding hydrogens is 282 g/mol. The predicted molar refractivity (Wildman–Crippen MR) is 76.7 cm³/mol. The van der Waals surface area contributed by atoms with Gasteiger partial charge in [0.2, 0.25) is 10.0 Å². The largest absolute Gasteiger partial charge is 0.398 e. The van der Waals surface area contributed by atoms with E-state index in [2.05, 4.69) is 9.62 Å². The zero-order valence-corrected chi connectivity index (χ0v) is 12.3. The minimum Gasteiger partial charge on any atom is -0.398 e. The lowest BCUT2D eigenvalue weighted by Gasteiger charge is -2.32. The number of hydrogen-bond donors (Lipinski definition) is 2. The molecule has 3 N–H and O–H groups in total. The first kappa shape index (κ1) is 13.4. The van der Waals surface area contributed by atoms with Crippen LogP contribution in [0, 0.1) is 0 Å². The quantitative estimate of drug-likeness (QED) is 0.880. The van der Waals surface area contributed by atoms with Crippen LogP contribution in [0.3, 0.4) is 0 Å². The van der Waals surface area contributed by atoms with Crippen LogP contribution < -0.4 is 10.5 Å². The molecule has 0 bridgehead atoms. The number of anilines is 1. The normalized spacial score (nSPS) is 28.4. The SMILES string of the molecule is Nc1csc(S(=O)(=O)NC2CCN3CCCCC23)c1. The summed E-state index contributed by atoms with van der Waals surface area (Å²) in [6.07, 6.45) is 4.44. The van der Waals surface area contributed by atoms with Crippen molar-refractivity contribution in [3.63, 3.8) is 0 Å². The molecule has 3 heterocycles. The summed E-state index contributed by atoms with van der Waals surface area (Å²) in [5.74, 6) is 0. The van der Waals surface area contributed by atoms with Crippen LogP contribution in [0.4, 0.5) is 5.69 Å². The Bertz CT molecular complexity index is 555. The van der Waals surface area contributed by atoms with Crippen molar-refractivity contribution in [3.05, 3.63) is 11.4 Å². The average Bonchev–Trinajstić information content (AvgIpc) is 2.97. The maximum atomic E-state index is 12.3. The van der Waals surface area contributed by atoms with Gasteiger partial charge in [0, 0.05) is 29.7 Å². The van der Waals surface area contributed by atoms with Gasteiger partial charge in [-0.1, -0.05) is 6.42 Å². The number of hydrogen-bond acceptors (Lipinski definition) is 5. The predicted octanol–water partition coefficient (Wildman–Crippen LogP) is 1.24. The van der Waals surface area contributed by atoms with E-state index in [4.69, 9.17) is 5.73 Å². The van der Waals surface area contributed by atoms with Crippen molar-refractivity contribution in [1.29, 1.82) is 0 Å². The van der Waals surface area contributed by atoms with Crippen LogP contribution in [0.25, 0.3) is 0 Å². The molecule has 2 atom stereocenters. The van der Waals surface area contributed by atoms with E-state index in [1.807, 2.05) is 0 Å². The number of nitrogens with two attached hydrogens (primary N) is 1. The van der Waals surface area contributed by atoms with Crippen LogP contribution >= 0.6 is 11.3 Å². The third-order valence-electron chi connectivity index (χ3n) is 4.02. The fraction of sp³-hybridized carbons (Fsp3) is 0.667. The van der Waals surface area contributed by atoms with Crippen molar-refractivity contribution in [3.8, 4) is 0 Å². The summed E-state index contributed by atoms with van der Waals surface area (Å²) in [5.41, 5.74) is 6.11. The van der Waals surface area contributed by atoms with E-state index in [-0.39, 0.29) is 6.04 Å². The Balaban J connectivity index is 1.74.